The summed E-state index contributed by atoms with van der Waals surface area (Å²) in [5.41, 5.74) is 4.05. The maximum absolute atomic E-state index is 2.34. The first-order valence-electron chi connectivity index (χ1n) is 6.14. The predicted octanol–water partition coefficient (Wildman–Crippen LogP) is 5.30. The number of hydrogen-bond donors (Lipinski definition) is 0. The van der Waals surface area contributed by atoms with Gasteiger partial charge in [-0.25, -0.2) is 0 Å². The summed E-state index contributed by atoms with van der Waals surface area (Å²) in [6.45, 7) is 2.24. The minimum absolute atomic E-state index is 1.20. The molecule has 88 valence electrons. The topological polar surface area (TPSA) is 0 Å². The molecule has 1 heteroatoms. The van der Waals surface area contributed by atoms with Gasteiger partial charge in [0, 0.05) is 3.57 Å². The highest BCUT2D eigenvalue weighted by atomic mass is 127. The molecule has 0 amide bonds. The van der Waals surface area contributed by atoms with E-state index < -0.39 is 0 Å². The molecule has 0 aliphatic rings. The maximum Gasteiger partial charge on any atom is 0.0130 e. The van der Waals surface area contributed by atoms with Gasteiger partial charge in [0.2, 0.25) is 0 Å². The second kappa shape index (κ2) is 6.20. The molecular formula is C16H17I. The van der Waals surface area contributed by atoms with Crippen LogP contribution in [-0.2, 0) is 6.42 Å². The van der Waals surface area contributed by atoms with Crippen LogP contribution in [0.1, 0.15) is 25.3 Å². The third kappa shape index (κ3) is 3.56. The van der Waals surface area contributed by atoms with Gasteiger partial charge in [0.25, 0.3) is 0 Å². The van der Waals surface area contributed by atoms with Crippen LogP contribution in [0.3, 0.4) is 0 Å². The van der Waals surface area contributed by atoms with Gasteiger partial charge in [-0.2, -0.15) is 0 Å². The van der Waals surface area contributed by atoms with Crippen molar-refractivity contribution in [1.82, 2.24) is 0 Å². The molecule has 0 heterocycles. The zero-order valence-electron chi connectivity index (χ0n) is 10.1. The second-order valence-electron chi connectivity index (χ2n) is 4.31. The molecule has 2 aromatic carbocycles. The number of benzene rings is 2. The van der Waals surface area contributed by atoms with E-state index in [4.69, 9.17) is 0 Å². The van der Waals surface area contributed by atoms with Crippen molar-refractivity contribution in [3.05, 3.63) is 57.7 Å². The van der Waals surface area contributed by atoms with Crippen molar-refractivity contribution in [2.24, 2.45) is 0 Å². The average Bonchev–Trinajstić information content (AvgIpc) is 2.38. The minimum atomic E-state index is 1.20. The molecule has 0 saturated heterocycles. The Morgan fingerprint density at radius 1 is 0.824 bits per heavy atom. The summed E-state index contributed by atoms with van der Waals surface area (Å²) in [4.78, 5) is 0. The molecule has 0 aromatic heterocycles. The third-order valence-electron chi connectivity index (χ3n) is 2.95. The zero-order chi connectivity index (χ0) is 12.1. The lowest BCUT2D eigenvalue weighted by Gasteiger charge is -2.04. The number of hydrogen-bond acceptors (Lipinski definition) is 0. The van der Waals surface area contributed by atoms with E-state index in [0.717, 1.165) is 0 Å². The van der Waals surface area contributed by atoms with Crippen molar-refractivity contribution in [2.45, 2.75) is 26.2 Å². The van der Waals surface area contributed by atoms with Gasteiger partial charge in [0.15, 0.2) is 0 Å². The zero-order valence-corrected chi connectivity index (χ0v) is 12.3. The molecule has 0 radical (unpaired) electrons. The first-order valence-corrected chi connectivity index (χ1v) is 7.22. The molecule has 0 unspecified atom stereocenters. The quantitative estimate of drug-likeness (QED) is 0.665. The molecule has 0 aliphatic heterocycles. The first-order chi connectivity index (χ1) is 8.29. The number of unbranched alkanes of at least 4 members (excludes halogenated alkanes) is 1. The summed E-state index contributed by atoms with van der Waals surface area (Å²) in [6.07, 6.45) is 3.74. The first kappa shape index (κ1) is 12.6. The fourth-order valence-electron chi connectivity index (χ4n) is 1.89. The Bertz CT molecular complexity index is 454. The normalized spacial score (nSPS) is 10.5. The van der Waals surface area contributed by atoms with E-state index in [2.05, 4.69) is 78.0 Å². The molecule has 0 spiro atoms. The molecular weight excluding hydrogens is 319 g/mol. The largest absolute Gasteiger partial charge is 0.0654 e. The van der Waals surface area contributed by atoms with Gasteiger partial charge in [0.05, 0.1) is 0 Å². The van der Waals surface area contributed by atoms with Crippen LogP contribution in [-0.4, -0.2) is 0 Å². The summed E-state index contributed by atoms with van der Waals surface area (Å²) in [6, 6.07) is 17.6. The highest BCUT2D eigenvalue weighted by molar-refractivity contribution is 14.1. The Morgan fingerprint density at radius 3 is 1.88 bits per heavy atom. The molecule has 0 bridgehead atoms. The smallest absolute Gasteiger partial charge is 0.0130 e. The molecule has 2 rings (SSSR count). The van der Waals surface area contributed by atoms with Crippen LogP contribution in [0, 0.1) is 3.57 Å². The van der Waals surface area contributed by atoms with Gasteiger partial charge in [-0.15, -0.1) is 0 Å². The molecule has 2 aromatic rings. The molecule has 0 saturated carbocycles. The van der Waals surface area contributed by atoms with E-state index in [0.29, 0.717) is 0 Å². The lowest BCUT2D eigenvalue weighted by molar-refractivity contribution is 0.795. The minimum Gasteiger partial charge on any atom is -0.0654 e. The highest BCUT2D eigenvalue weighted by Crippen LogP contribution is 2.21. The highest BCUT2D eigenvalue weighted by Gasteiger charge is 1.98. The van der Waals surface area contributed by atoms with Gasteiger partial charge in [-0.1, -0.05) is 49.7 Å². The standard InChI is InChI=1S/C16H17I/c1-2-3-4-13-5-7-14(8-6-13)15-9-11-16(17)12-10-15/h5-12H,2-4H2,1H3. The van der Waals surface area contributed by atoms with Gasteiger partial charge < -0.3 is 0 Å². The van der Waals surface area contributed by atoms with Crippen LogP contribution in [0.25, 0.3) is 11.1 Å². The second-order valence-corrected chi connectivity index (χ2v) is 5.55. The van der Waals surface area contributed by atoms with Crippen LogP contribution >= 0.6 is 22.6 Å². The molecule has 0 fully saturated rings. The Hall–Kier alpha value is -0.830. The van der Waals surface area contributed by atoms with E-state index in [1.54, 1.807) is 0 Å². The number of aryl methyl sites for hydroxylation is 1. The summed E-state index contributed by atoms with van der Waals surface area (Å²) >= 11 is 2.34. The Kier molecular flexibility index (Phi) is 4.60. The third-order valence-corrected chi connectivity index (χ3v) is 3.67. The van der Waals surface area contributed by atoms with Crippen molar-refractivity contribution < 1.29 is 0 Å². The monoisotopic (exact) mass is 336 g/mol. The Morgan fingerprint density at radius 2 is 1.35 bits per heavy atom. The number of rotatable bonds is 4. The van der Waals surface area contributed by atoms with E-state index in [1.807, 2.05) is 0 Å². The SMILES string of the molecule is CCCCc1ccc(-c2ccc(I)cc2)cc1. The van der Waals surface area contributed by atoms with Crippen LogP contribution in [0.15, 0.2) is 48.5 Å². The number of halogens is 1. The molecule has 0 aliphatic carbocycles. The summed E-state index contributed by atoms with van der Waals surface area (Å²) in [5, 5.41) is 0. The molecule has 0 atom stereocenters. The van der Waals surface area contributed by atoms with Crippen LogP contribution in [0.2, 0.25) is 0 Å². The predicted molar refractivity (Wildman–Crippen MR) is 83.2 cm³/mol. The van der Waals surface area contributed by atoms with E-state index in [1.165, 1.54) is 39.5 Å². The summed E-state index contributed by atoms with van der Waals surface area (Å²) < 4.78 is 1.28. The maximum atomic E-state index is 2.34. The van der Waals surface area contributed by atoms with E-state index in [9.17, 15) is 0 Å². The summed E-state index contributed by atoms with van der Waals surface area (Å²) in [5.74, 6) is 0. The Balaban J connectivity index is 2.14. The van der Waals surface area contributed by atoms with Crippen molar-refractivity contribution >= 4 is 22.6 Å². The lowest BCUT2D eigenvalue weighted by Crippen LogP contribution is -1.85. The molecule has 0 nitrogen and oxygen atoms in total. The average molecular weight is 336 g/mol. The lowest BCUT2D eigenvalue weighted by atomic mass is 10.0. The van der Waals surface area contributed by atoms with E-state index in [-0.39, 0.29) is 0 Å². The fourth-order valence-corrected chi connectivity index (χ4v) is 2.25. The van der Waals surface area contributed by atoms with Crippen molar-refractivity contribution in [2.75, 3.05) is 0 Å². The Labute approximate surface area is 117 Å². The fraction of sp³-hybridized carbons (Fsp3) is 0.250. The van der Waals surface area contributed by atoms with Gasteiger partial charge in [-0.05, 0) is 64.3 Å². The van der Waals surface area contributed by atoms with E-state index >= 15 is 0 Å². The molecule has 0 N–H and O–H groups in total. The van der Waals surface area contributed by atoms with Crippen molar-refractivity contribution in [1.29, 1.82) is 0 Å². The van der Waals surface area contributed by atoms with Gasteiger partial charge in [-0.3, -0.25) is 0 Å². The van der Waals surface area contributed by atoms with Crippen molar-refractivity contribution in [3.8, 4) is 11.1 Å². The van der Waals surface area contributed by atoms with Crippen LogP contribution < -0.4 is 0 Å². The summed E-state index contributed by atoms with van der Waals surface area (Å²) in [7, 11) is 0. The van der Waals surface area contributed by atoms with Crippen molar-refractivity contribution in [3.63, 3.8) is 0 Å². The van der Waals surface area contributed by atoms with Crippen LogP contribution in [0.5, 0.6) is 0 Å². The van der Waals surface area contributed by atoms with Crippen LogP contribution in [0.4, 0.5) is 0 Å². The van der Waals surface area contributed by atoms with Gasteiger partial charge in [0.1, 0.15) is 0 Å². The molecule has 17 heavy (non-hydrogen) atoms. The van der Waals surface area contributed by atoms with Gasteiger partial charge >= 0.3 is 0 Å².